The molecule has 1 aliphatic carbocycles. The van der Waals surface area contributed by atoms with Gasteiger partial charge in [-0.15, -0.1) is 0 Å². The minimum atomic E-state index is -4.17. The van der Waals surface area contributed by atoms with Crippen molar-refractivity contribution in [3.63, 3.8) is 0 Å². The maximum atomic E-state index is 13.4. The average Bonchev–Trinajstić information content (AvgIpc) is 3.02. The third kappa shape index (κ3) is 9.85. The molecule has 5 rings (SSSR count). The van der Waals surface area contributed by atoms with Gasteiger partial charge in [-0.1, -0.05) is 38.1 Å². The van der Waals surface area contributed by atoms with Gasteiger partial charge in [-0.3, -0.25) is 0 Å². The molecular weight excluding hydrogens is 667 g/mol. The molecule has 1 aromatic heterocycles. The third-order valence-electron chi connectivity index (χ3n) is 9.94. The van der Waals surface area contributed by atoms with Crippen LogP contribution in [-0.4, -0.2) is 71.2 Å². The van der Waals surface area contributed by atoms with Gasteiger partial charge in [-0.2, -0.15) is 0 Å². The Morgan fingerprint density at radius 1 is 1.02 bits per heavy atom. The standard InChI is InChI=1S/C39H53N5O6S/c1-25(2)20-29(40-31-23-39(24-31)16-18-44(19-17-39)37(47)50-38(5,6)7)14-15-30-22-33(34-26(3)10-8-11-27(34)4)42-36(41-30)43-51(48,49)32-13-9-12-28(21-32)35(45)46/h8-13,21-22,25,29,31,40H,14-20,23-24H2,1-7H3,(H,45,46)(H,41,42,43)/t29-/m0/s1. The fourth-order valence-electron chi connectivity index (χ4n) is 7.49. The van der Waals surface area contributed by atoms with Crippen LogP contribution < -0.4 is 10.0 Å². The summed E-state index contributed by atoms with van der Waals surface area (Å²) in [7, 11) is -4.17. The molecule has 0 radical (unpaired) electrons. The molecule has 2 aliphatic rings. The van der Waals surface area contributed by atoms with E-state index in [0.717, 1.165) is 80.1 Å². The van der Waals surface area contributed by atoms with E-state index in [1.165, 1.54) is 18.2 Å². The van der Waals surface area contributed by atoms with Crippen LogP contribution in [0.3, 0.4) is 0 Å². The number of carbonyl (C=O) groups excluding carboxylic acids is 1. The lowest BCUT2D eigenvalue weighted by atomic mass is 9.60. The van der Waals surface area contributed by atoms with Crippen LogP contribution in [0.4, 0.5) is 10.7 Å². The summed E-state index contributed by atoms with van der Waals surface area (Å²) in [5, 5.41) is 13.3. The van der Waals surface area contributed by atoms with Gasteiger partial charge in [0.05, 0.1) is 16.2 Å². The highest BCUT2D eigenvalue weighted by Gasteiger charge is 2.47. The summed E-state index contributed by atoms with van der Waals surface area (Å²) in [5.41, 5.74) is 3.92. The maximum Gasteiger partial charge on any atom is 0.410 e. The molecule has 2 aromatic carbocycles. The number of likely N-dealkylation sites (tertiary alicyclic amines) is 1. The number of piperidine rings is 1. The van der Waals surface area contributed by atoms with Crippen LogP contribution in [0, 0.1) is 25.2 Å². The van der Waals surface area contributed by atoms with E-state index in [4.69, 9.17) is 4.74 Å². The fourth-order valence-corrected chi connectivity index (χ4v) is 8.48. The van der Waals surface area contributed by atoms with E-state index >= 15 is 0 Å². The Balaban J connectivity index is 1.30. The molecule has 3 N–H and O–H groups in total. The number of anilines is 1. The Labute approximate surface area is 302 Å². The first-order valence-corrected chi connectivity index (χ1v) is 19.4. The average molecular weight is 720 g/mol. The van der Waals surface area contributed by atoms with Crippen molar-refractivity contribution in [2.24, 2.45) is 11.3 Å². The first-order valence-electron chi connectivity index (χ1n) is 18.0. The summed E-state index contributed by atoms with van der Waals surface area (Å²) in [4.78, 5) is 35.1. The molecule has 3 aromatic rings. The zero-order valence-electron chi connectivity index (χ0n) is 31.0. The molecule has 1 aliphatic heterocycles. The van der Waals surface area contributed by atoms with Crippen molar-refractivity contribution in [1.29, 1.82) is 0 Å². The monoisotopic (exact) mass is 719 g/mol. The molecule has 11 nitrogen and oxygen atoms in total. The van der Waals surface area contributed by atoms with Crippen LogP contribution in [0.2, 0.25) is 0 Å². The summed E-state index contributed by atoms with van der Waals surface area (Å²) in [6, 6.07) is 13.8. The van der Waals surface area contributed by atoms with E-state index in [1.54, 1.807) is 0 Å². The highest BCUT2D eigenvalue weighted by atomic mass is 32.2. The number of carbonyl (C=O) groups is 2. The molecule has 0 bridgehead atoms. The summed E-state index contributed by atoms with van der Waals surface area (Å²) in [5.74, 6) is -0.793. The SMILES string of the molecule is Cc1cccc(C)c1-c1cc(CC[C@@H](CC(C)C)NC2CC3(CCN(C(=O)OC(C)(C)C)CC3)C2)nc(NS(=O)(=O)c2cccc(C(=O)O)c2)n1. The van der Waals surface area contributed by atoms with Crippen LogP contribution >= 0.6 is 0 Å². The van der Waals surface area contributed by atoms with Crippen LogP contribution in [-0.2, 0) is 21.2 Å². The molecule has 2 fully saturated rings. The van der Waals surface area contributed by atoms with Crippen molar-refractivity contribution in [3.05, 3.63) is 70.9 Å². The van der Waals surface area contributed by atoms with Gasteiger partial charge < -0.3 is 20.1 Å². The van der Waals surface area contributed by atoms with Crippen LogP contribution in [0.25, 0.3) is 11.3 Å². The van der Waals surface area contributed by atoms with Gasteiger partial charge in [0.25, 0.3) is 10.0 Å². The van der Waals surface area contributed by atoms with Gasteiger partial charge in [0.15, 0.2) is 0 Å². The van der Waals surface area contributed by atoms with Gasteiger partial charge in [0.2, 0.25) is 5.95 Å². The Bertz CT molecular complexity index is 1820. The van der Waals surface area contributed by atoms with E-state index in [0.29, 0.717) is 24.1 Å². The maximum absolute atomic E-state index is 13.4. The number of carboxylic acid groups (broad SMARTS) is 1. The van der Waals surface area contributed by atoms with E-state index in [1.807, 2.05) is 63.8 Å². The quantitative estimate of drug-likeness (QED) is 0.174. The zero-order chi connectivity index (χ0) is 37.1. The normalized spacial score (nSPS) is 16.9. The lowest BCUT2D eigenvalue weighted by Gasteiger charge is -2.53. The Hall–Kier alpha value is -4.03. The highest BCUT2D eigenvalue weighted by Crippen LogP contribution is 2.49. The lowest BCUT2D eigenvalue weighted by Crippen LogP contribution is -2.56. The van der Waals surface area contributed by atoms with Crippen LogP contribution in [0.1, 0.15) is 100 Å². The topological polar surface area (TPSA) is 151 Å². The number of aromatic carboxylic acids is 1. The second-order valence-corrected chi connectivity index (χ2v) is 17.6. The molecule has 1 amide bonds. The van der Waals surface area contributed by atoms with Crippen molar-refractivity contribution in [2.45, 2.75) is 116 Å². The van der Waals surface area contributed by atoms with Gasteiger partial charge in [0, 0.05) is 36.4 Å². The number of aromatic nitrogens is 2. The van der Waals surface area contributed by atoms with Crippen LogP contribution in [0.15, 0.2) is 53.4 Å². The number of nitrogens with zero attached hydrogens (tertiary/aromatic N) is 3. The molecule has 276 valence electrons. The number of sulfonamides is 1. The highest BCUT2D eigenvalue weighted by molar-refractivity contribution is 7.92. The first kappa shape index (κ1) is 38.2. The van der Waals surface area contributed by atoms with E-state index in [-0.39, 0.29) is 34.0 Å². The predicted molar refractivity (Wildman–Crippen MR) is 198 cm³/mol. The number of nitrogens with one attached hydrogen (secondary N) is 2. The Morgan fingerprint density at radius 2 is 1.67 bits per heavy atom. The van der Waals surface area contributed by atoms with Gasteiger partial charge in [-0.25, -0.2) is 32.7 Å². The van der Waals surface area contributed by atoms with Gasteiger partial charge in [0.1, 0.15) is 5.60 Å². The van der Waals surface area contributed by atoms with Crippen molar-refractivity contribution in [1.82, 2.24) is 20.2 Å². The summed E-state index contributed by atoms with van der Waals surface area (Å²) in [6.07, 6.45) is 6.33. The molecule has 1 atom stereocenters. The number of aryl methyl sites for hydroxylation is 3. The smallest absolute Gasteiger partial charge is 0.410 e. The summed E-state index contributed by atoms with van der Waals surface area (Å²) < 4.78 is 35.0. The minimum absolute atomic E-state index is 0.0575. The van der Waals surface area contributed by atoms with E-state index in [9.17, 15) is 23.1 Å². The fraction of sp³-hybridized carbons (Fsp3) is 0.538. The number of carboxylic acids is 1. The van der Waals surface area contributed by atoms with E-state index < -0.39 is 21.6 Å². The molecular formula is C39H53N5O6S. The summed E-state index contributed by atoms with van der Waals surface area (Å²) in [6.45, 7) is 15.6. The first-order chi connectivity index (χ1) is 23.9. The number of benzene rings is 2. The molecule has 2 heterocycles. The number of amides is 1. The number of hydrogen-bond donors (Lipinski definition) is 3. The van der Waals surface area contributed by atoms with Crippen molar-refractivity contribution in [2.75, 3.05) is 17.8 Å². The molecule has 12 heteroatoms. The van der Waals surface area contributed by atoms with Crippen molar-refractivity contribution in [3.8, 4) is 11.3 Å². The molecule has 51 heavy (non-hydrogen) atoms. The van der Waals surface area contributed by atoms with Crippen LogP contribution in [0.5, 0.6) is 0 Å². The van der Waals surface area contributed by atoms with E-state index in [2.05, 4.69) is 33.9 Å². The van der Waals surface area contributed by atoms with Crippen molar-refractivity contribution >= 4 is 28.0 Å². The zero-order valence-corrected chi connectivity index (χ0v) is 31.8. The third-order valence-corrected chi connectivity index (χ3v) is 11.3. The molecule has 1 spiro atoms. The molecule has 1 saturated heterocycles. The predicted octanol–water partition coefficient (Wildman–Crippen LogP) is 7.38. The summed E-state index contributed by atoms with van der Waals surface area (Å²) >= 11 is 0. The Morgan fingerprint density at radius 3 is 2.27 bits per heavy atom. The largest absolute Gasteiger partial charge is 0.478 e. The van der Waals surface area contributed by atoms with Gasteiger partial charge in [-0.05, 0) is 126 Å². The number of hydrogen-bond acceptors (Lipinski definition) is 8. The second-order valence-electron chi connectivity index (χ2n) is 15.9. The molecule has 1 saturated carbocycles. The van der Waals surface area contributed by atoms with Gasteiger partial charge >= 0.3 is 12.1 Å². The minimum Gasteiger partial charge on any atom is -0.478 e. The Kier molecular flexibility index (Phi) is 11.5. The number of rotatable bonds is 12. The second kappa shape index (κ2) is 15.3. The molecule has 0 unspecified atom stereocenters. The number of ether oxygens (including phenoxy) is 1. The lowest BCUT2D eigenvalue weighted by molar-refractivity contribution is -0.0184. The van der Waals surface area contributed by atoms with Crippen molar-refractivity contribution < 1.29 is 27.9 Å².